The Morgan fingerprint density at radius 1 is 1.16 bits per heavy atom. The number of hydrogen-bond donors (Lipinski definition) is 0. The third kappa shape index (κ3) is 4.16. The third-order valence-corrected chi connectivity index (χ3v) is 5.66. The van der Waals surface area contributed by atoms with Gasteiger partial charge in [-0.1, -0.05) is 0 Å². The number of aromatic nitrogens is 2. The molecule has 25 heavy (non-hydrogen) atoms. The average Bonchev–Trinajstić information content (AvgIpc) is 2.75. The Morgan fingerprint density at radius 2 is 1.92 bits per heavy atom. The molecule has 1 aromatic rings. The zero-order valence-electron chi connectivity index (χ0n) is 15.6. The summed E-state index contributed by atoms with van der Waals surface area (Å²) in [5, 5.41) is 0. The molecule has 0 unspecified atom stereocenters. The highest BCUT2D eigenvalue weighted by Crippen LogP contribution is 2.32. The van der Waals surface area contributed by atoms with E-state index in [4.69, 9.17) is 4.74 Å². The van der Waals surface area contributed by atoms with Crippen LogP contribution in [0.1, 0.15) is 30.7 Å². The van der Waals surface area contributed by atoms with Crippen molar-refractivity contribution in [3.05, 3.63) is 23.8 Å². The van der Waals surface area contributed by atoms with Gasteiger partial charge in [-0.2, -0.15) is 0 Å². The maximum absolute atomic E-state index is 12.1. The Morgan fingerprint density at radius 3 is 2.64 bits per heavy atom. The largest absolute Gasteiger partial charge is 0.377 e. The predicted octanol–water partition coefficient (Wildman–Crippen LogP) is 0.752. The first-order chi connectivity index (χ1) is 12.0. The SMILES string of the molecule is COCc1ncc(CN2CCN(C)[C@@]3(CCC(=O)N(C)CC3)C2)cn1. The zero-order chi connectivity index (χ0) is 17.9. The van der Waals surface area contributed by atoms with Crippen LogP contribution in [0, 0.1) is 0 Å². The van der Waals surface area contributed by atoms with E-state index in [0.29, 0.717) is 18.9 Å². The lowest BCUT2D eigenvalue weighted by atomic mass is 9.86. The third-order valence-electron chi connectivity index (χ3n) is 5.66. The van der Waals surface area contributed by atoms with E-state index in [1.54, 1.807) is 7.11 Å². The van der Waals surface area contributed by atoms with Gasteiger partial charge >= 0.3 is 0 Å². The van der Waals surface area contributed by atoms with E-state index >= 15 is 0 Å². The molecule has 3 rings (SSSR count). The molecule has 1 atom stereocenters. The summed E-state index contributed by atoms with van der Waals surface area (Å²) in [5.74, 6) is 0.982. The van der Waals surface area contributed by atoms with Crippen LogP contribution in [0.3, 0.4) is 0 Å². The molecule has 1 aromatic heterocycles. The number of carbonyl (C=O) groups is 1. The Balaban J connectivity index is 1.66. The van der Waals surface area contributed by atoms with E-state index in [0.717, 1.165) is 51.1 Å². The zero-order valence-corrected chi connectivity index (χ0v) is 15.6. The van der Waals surface area contributed by atoms with Gasteiger partial charge in [-0.3, -0.25) is 14.6 Å². The minimum absolute atomic E-state index is 0.0928. The molecule has 2 aliphatic heterocycles. The lowest BCUT2D eigenvalue weighted by Crippen LogP contribution is -2.60. The van der Waals surface area contributed by atoms with Crippen LogP contribution in [0.2, 0.25) is 0 Å². The van der Waals surface area contributed by atoms with Gasteiger partial charge in [0, 0.05) is 76.8 Å². The van der Waals surface area contributed by atoms with Crippen molar-refractivity contribution in [3.8, 4) is 0 Å². The summed E-state index contributed by atoms with van der Waals surface area (Å²) in [4.78, 5) is 27.6. The maximum Gasteiger partial charge on any atom is 0.222 e. The average molecular weight is 347 g/mol. The van der Waals surface area contributed by atoms with Gasteiger partial charge in [0.25, 0.3) is 0 Å². The summed E-state index contributed by atoms with van der Waals surface area (Å²) in [6.07, 6.45) is 6.41. The molecule has 2 fully saturated rings. The van der Waals surface area contributed by atoms with Crippen LogP contribution in [-0.4, -0.2) is 83.5 Å². The molecule has 2 aliphatic rings. The first-order valence-electron chi connectivity index (χ1n) is 8.99. The number of piperazine rings is 1. The molecule has 0 bridgehead atoms. The van der Waals surface area contributed by atoms with Gasteiger partial charge in [0.05, 0.1) is 0 Å². The molecule has 2 saturated heterocycles. The Labute approximate surface area is 150 Å². The number of likely N-dealkylation sites (tertiary alicyclic amines) is 1. The normalized spacial score (nSPS) is 26.2. The number of likely N-dealkylation sites (N-methyl/N-ethyl adjacent to an activating group) is 1. The van der Waals surface area contributed by atoms with E-state index < -0.39 is 0 Å². The number of methoxy groups -OCH3 is 1. The van der Waals surface area contributed by atoms with Gasteiger partial charge in [0.15, 0.2) is 5.82 Å². The number of hydrogen-bond acceptors (Lipinski definition) is 6. The highest BCUT2D eigenvalue weighted by molar-refractivity contribution is 5.76. The van der Waals surface area contributed by atoms with Crippen molar-refractivity contribution in [2.24, 2.45) is 0 Å². The molecule has 0 saturated carbocycles. The second-order valence-electron chi connectivity index (χ2n) is 7.36. The van der Waals surface area contributed by atoms with E-state index in [1.807, 2.05) is 24.3 Å². The second kappa shape index (κ2) is 7.76. The summed E-state index contributed by atoms with van der Waals surface area (Å²) in [5.41, 5.74) is 1.22. The van der Waals surface area contributed by atoms with Gasteiger partial charge in [-0.25, -0.2) is 9.97 Å². The van der Waals surface area contributed by atoms with Crippen molar-refractivity contribution >= 4 is 5.91 Å². The number of carbonyl (C=O) groups excluding carboxylic acids is 1. The molecule has 0 radical (unpaired) electrons. The minimum atomic E-state index is 0.0928. The first-order valence-corrected chi connectivity index (χ1v) is 8.99. The standard InChI is InChI=1S/C18H29N5O2/c1-21-7-6-18(5-4-17(21)24)14-23(9-8-22(18)2)12-15-10-19-16(13-25-3)20-11-15/h10-11H,4-9,12-14H2,1-3H3/t18-/m1/s1. The van der Waals surface area contributed by atoms with E-state index in [9.17, 15) is 4.79 Å². The summed E-state index contributed by atoms with van der Waals surface area (Å²) in [7, 11) is 5.77. The van der Waals surface area contributed by atoms with Crippen LogP contribution in [-0.2, 0) is 22.7 Å². The molecular weight excluding hydrogens is 318 g/mol. The van der Waals surface area contributed by atoms with Crippen molar-refractivity contribution in [1.82, 2.24) is 24.7 Å². The van der Waals surface area contributed by atoms with Crippen molar-refractivity contribution in [1.29, 1.82) is 0 Å². The molecular formula is C18H29N5O2. The number of ether oxygens (including phenoxy) is 1. The highest BCUT2D eigenvalue weighted by atomic mass is 16.5. The molecule has 0 aliphatic carbocycles. The van der Waals surface area contributed by atoms with Crippen LogP contribution < -0.4 is 0 Å². The van der Waals surface area contributed by atoms with E-state index in [2.05, 4.69) is 26.8 Å². The number of nitrogens with zero attached hydrogens (tertiary/aromatic N) is 5. The lowest BCUT2D eigenvalue weighted by molar-refractivity contribution is -0.129. The van der Waals surface area contributed by atoms with Crippen LogP contribution >= 0.6 is 0 Å². The van der Waals surface area contributed by atoms with E-state index in [-0.39, 0.29) is 11.4 Å². The van der Waals surface area contributed by atoms with Gasteiger partial charge in [-0.05, 0) is 19.9 Å². The number of rotatable bonds is 4. The molecule has 0 N–H and O–H groups in total. The topological polar surface area (TPSA) is 61.8 Å². The van der Waals surface area contributed by atoms with Crippen molar-refractivity contribution in [2.75, 3.05) is 47.4 Å². The fraction of sp³-hybridized carbons (Fsp3) is 0.722. The predicted molar refractivity (Wildman–Crippen MR) is 94.9 cm³/mol. The van der Waals surface area contributed by atoms with Gasteiger partial charge in [0.2, 0.25) is 5.91 Å². The van der Waals surface area contributed by atoms with Crippen LogP contribution in [0.25, 0.3) is 0 Å². The molecule has 0 aromatic carbocycles. The first kappa shape index (κ1) is 18.2. The van der Waals surface area contributed by atoms with Crippen molar-refractivity contribution in [3.63, 3.8) is 0 Å². The summed E-state index contributed by atoms with van der Waals surface area (Å²) in [6.45, 7) is 5.19. The summed E-state index contributed by atoms with van der Waals surface area (Å²) < 4.78 is 5.06. The number of amides is 1. The van der Waals surface area contributed by atoms with Crippen LogP contribution in [0.4, 0.5) is 0 Å². The lowest BCUT2D eigenvalue weighted by Gasteiger charge is -2.49. The van der Waals surface area contributed by atoms with Crippen LogP contribution in [0.15, 0.2) is 12.4 Å². The summed E-state index contributed by atoms with van der Waals surface area (Å²) in [6, 6.07) is 0. The van der Waals surface area contributed by atoms with Crippen molar-refractivity contribution in [2.45, 2.75) is 38.0 Å². The van der Waals surface area contributed by atoms with Gasteiger partial charge in [0.1, 0.15) is 6.61 Å². The fourth-order valence-corrected chi connectivity index (χ4v) is 3.90. The molecule has 138 valence electrons. The molecule has 7 heteroatoms. The molecule has 7 nitrogen and oxygen atoms in total. The Hall–Kier alpha value is -1.57. The van der Waals surface area contributed by atoms with Gasteiger partial charge < -0.3 is 9.64 Å². The monoisotopic (exact) mass is 347 g/mol. The van der Waals surface area contributed by atoms with Crippen molar-refractivity contribution < 1.29 is 9.53 Å². The fourth-order valence-electron chi connectivity index (χ4n) is 3.90. The Kier molecular flexibility index (Phi) is 5.66. The minimum Gasteiger partial charge on any atom is -0.377 e. The molecule has 1 amide bonds. The molecule has 3 heterocycles. The second-order valence-corrected chi connectivity index (χ2v) is 7.36. The van der Waals surface area contributed by atoms with E-state index in [1.165, 1.54) is 0 Å². The maximum atomic E-state index is 12.1. The highest BCUT2D eigenvalue weighted by Gasteiger charge is 2.41. The van der Waals surface area contributed by atoms with Crippen LogP contribution in [0.5, 0.6) is 0 Å². The summed E-state index contributed by atoms with van der Waals surface area (Å²) >= 11 is 0. The quantitative estimate of drug-likeness (QED) is 0.801. The smallest absolute Gasteiger partial charge is 0.222 e. The molecule has 1 spiro atoms. The Bertz CT molecular complexity index is 594. The van der Waals surface area contributed by atoms with Gasteiger partial charge in [-0.15, -0.1) is 0 Å².